The highest BCUT2D eigenvalue weighted by Gasteiger charge is 1.92. The molecule has 0 bridgehead atoms. The van der Waals surface area contributed by atoms with E-state index in [1.807, 2.05) is 24.0 Å². The van der Waals surface area contributed by atoms with Gasteiger partial charge in [0.05, 0.1) is 0 Å². The van der Waals surface area contributed by atoms with Crippen LogP contribution in [0.5, 0.6) is 0 Å². The average Bonchev–Trinajstić information content (AvgIpc) is 2.09. The summed E-state index contributed by atoms with van der Waals surface area (Å²) < 4.78 is 0. The number of hydrogen-bond donors (Lipinski definition) is 0. The third-order valence-electron chi connectivity index (χ3n) is 1.41. The van der Waals surface area contributed by atoms with Gasteiger partial charge in [-0.15, -0.1) is 9.24 Å². The maximum absolute atomic E-state index is 3.93. The lowest BCUT2D eigenvalue weighted by atomic mass is 10.1. The zero-order valence-electron chi connectivity index (χ0n) is 6.20. The largest absolute Gasteiger partial charge is 0.265 e. The first-order valence-electron chi connectivity index (χ1n) is 3.33. The molecule has 0 amide bonds. The molecule has 56 valence electrons. The second kappa shape index (κ2) is 4.05. The van der Waals surface area contributed by atoms with E-state index in [0.29, 0.717) is 0 Å². The monoisotopic (exact) mass is 163 g/mol. The molecule has 0 aromatic carbocycles. The Kier molecular flexibility index (Phi) is 3.00. The standard InChI is InChI=1S/C9H10NP/c1-2-8(7-11)9-3-5-10-6-4-9/h2-7H,1,11H2/b8-7-. The number of hydrogen-bond acceptors (Lipinski definition) is 1. The molecule has 0 aliphatic carbocycles. The van der Waals surface area contributed by atoms with Crippen molar-refractivity contribution in [3.8, 4) is 0 Å². The number of allylic oxidation sites excluding steroid dienone is 2. The molecule has 0 aliphatic heterocycles. The maximum atomic E-state index is 3.93. The quantitative estimate of drug-likeness (QED) is 0.482. The minimum Gasteiger partial charge on any atom is -0.265 e. The van der Waals surface area contributed by atoms with Crippen LogP contribution in [0.3, 0.4) is 0 Å². The van der Waals surface area contributed by atoms with Gasteiger partial charge in [-0.1, -0.05) is 18.5 Å². The van der Waals surface area contributed by atoms with E-state index in [-0.39, 0.29) is 0 Å². The van der Waals surface area contributed by atoms with Crippen molar-refractivity contribution in [1.82, 2.24) is 4.98 Å². The van der Waals surface area contributed by atoms with E-state index in [9.17, 15) is 0 Å². The fourth-order valence-electron chi connectivity index (χ4n) is 0.826. The van der Waals surface area contributed by atoms with E-state index >= 15 is 0 Å². The first-order valence-corrected chi connectivity index (χ1v) is 4.00. The highest BCUT2D eigenvalue weighted by atomic mass is 31.0. The molecule has 0 fully saturated rings. The molecule has 0 saturated carbocycles. The predicted octanol–water partition coefficient (Wildman–Crippen LogP) is 2.48. The summed E-state index contributed by atoms with van der Waals surface area (Å²) in [4.78, 5) is 3.93. The maximum Gasteiger partial charge on any atom is 0.0273 e. The SMILES string of the molecule is C=C/C(=C/P)c1ccncc1. The van der Waals surface area contributed by atoms with Crippen LogP contribution in [0, 0.1) is 0 Å². The first-order chi connectivity index (χ1) is 5.38. The molecule has 0 saturated heterocycles. The third-order valence-corrected chi connectivity index (χ3v) is 1.77. The second-order valence-electron chi connectivity index (χ2n) is 2.06. The van der Waals surface area contributed by atoms with Crippen molar-refractivity contribution in [3.63, 3.8) is 0 Å². The third kappa shape index (κ3) is 1.99. The Morgan fingerprint density at radius 1 is 1.45 bits per heavy atom. The van der Waals surface area contributed by atoms with Crippen LogP contribution in [0.25, 0.3) is 5.57 Å². The minimum absolute atomic E-state index is 1.11. The van der Waals surface area contributed by atoms with Crippen molar-refractivity contribution in [2.24, 2.45) is 0 Å². The minimum atomic E-state index is 1.11. The van der Waals surface area contributed by atoms with E-state index in [1.165, 1.54) is 0 Å². The highest BCUT2D eigenvalue weighted by Crippen LogP contribution is 2.15. The summed E-state index contributed by atoms with van der Waals surface area (Å²) in [5.41, 5.74) is 2.25. The predicted molar refractivity (Wildman–Crippen MR) is 52.1 cm³/mol. The van der Waals surface area contributed by atoms with E-state index in [1.54, 1.807) is 12.4 Å². The summed E-state index contributed by atoms with van der Waals surface area (Å²) >= 11 is 0. The van der Waals surface area contributed by atoms with Crippen LogP contribution in [0.2, 0.25) is 0 Å². The molecular weight excluding hydrogens is 153 g/mol. The van der Waals surface area contributed by atoms with Crippen LogP contribution >= 0.6 is 9.24 Å². The van der Waals surface area contributed by atoms with Gasteiger partial charge in [0.15, 0.2) is 0 Å². The van der Waals surface area contributed by atoms with Crippen molar-refractivity contribution in [2.75, 3.05) is 0 Å². The number of nitrogens with zero attached hydrogens (tertiary/aromatic N) is 1. The summed E-state index contributed by atoms with van der Waals surface area (Å²) in [6.07, 6.45) is 5.36. The van der Waals surface area contributed by atoms with E-state index in [0.717, 1.165) is 11.1 Å². The van der Waals surface area contributed by atoms with Crippen molar-refractivity contribution in [2.45, 2.75) is 0 Å². The van der Waals surface area contributed by atoms with Crippen LogP contribution in [-0.2, 0) is 0 Å². The lowest BCUT2D eigenvalue weighted by molar-refractivity contribution is 1.32. The van der Waals surface area contributed by atoms with Gasteiger partial charge in [-0.2, -0.15) is 0 Å². The van der Waals surface area contributed by atoms with Gasteiger partial charge in [0.2, 0.25) is 0 Å². The highest BCUT2D eigenvalue weighted by molar-refractivity contribution is 7.21. The number of pyridine rings is 1. The Morgan fingerprint density at radius 3 is 2.55 bits per heavy atom. The van der Waals surface area contributed by atoms with Gasteiger partial charge in [0.25, 0.3) is 0 Å². The van der Waals surface area contributed by atoms with E-state index in [4.69, 9.17) is 0 Å². The van der Waals surface area contributed by atoms with Gasteiger partial charge in [0.1, 0.15) is 0 Å². The van der Waals surface area contributed by atoms with Gasteiger partial charge in [-0.25, -0.2) is 0 Å². The summed E-state index contributed by atoms with van der Waals surface area (Å²) in [6.45, 7) is 3.71. The van der Waals surface area contributed by atoms with Gasteiger partial charge in [-0.3, -0.25) is 4.98 Å². The summed E-state index contributed by atoms with van der Waals surface area (Å²) in [5.74, 6) is 1.95. The van der Waals surface area contributed by atoms with Gasteiger partial charge in [0, 0.05) is 12.4 Å². The smallest absolute Gasteiger partial charge is 0.0273 e. The Hall–Kier alpha value is -0.940. The van der Waals surface area contributed by atoms with Crippen LogP contribution in [0.4, 0.5) is 0 Å². The first kappa shape index (κ1) is 8.16. The van der Waals surface area contributed by atoms with E-state index in [2.05, 4.69) is 20.8 Å². The summed E-state index contributed by atoms with van der Waals surface area (Å²) in [6, 6.07) is 3.91. The Morgan fingerprint density at radius 2 is 2.09 bits per heavy atom. The second-order valence-corrected chi connectivity index (χ2v) is 2.40. The molecule has 1 nitrogen and oxygen atoms in total. The molecule has 0 radical (unpaired) electrons. The van der Waals surface area contributed by atoms with Crippen molar-refractivity contribution in [3.05, 3.63) is 48.6 Å². The molecule has 1 unspecified atom stereocenters. The van der Waals surface area contributed by atoms with Crippen molar-refractivity contribution < 1.29 is 0 Å². The molecular formula is C9H10NP. The van der Waals surface area contributed by atoms with Crippen LogP contribution < -0.4 is 0 Å². The fourth-order valence-corrected chi connectivity index (χ4v) is 1.16. The van der Waals surface area contributed by atoms with Gasteiger partial charge in [-0.05, 0) is 23.3 Å². The molecule has 0 aliphatic rings. The van der Waals surface area contributed by atoms with E-state index < -0.39 is 0 Å². The topological polar surface area (TPSA) is 12.9 Å². The summed E-state index contributed by atoms with van der Waals surface area (Å²) in [7, 11) is 2.56. The average molecular weight is 163 g/mol. The lowest BCUT2D eigenvalue weighted by Gasteiger charge is -1.98. The Bertz CT molecular complexity index is 264. The Labute approximate surface area is 69.1 Å². The fraction of sp³-hybridized carbons (Fsp3) is 0. The van der Waals surface area contributed by atoms with Crippen molar-refractivity contribution in [1.29, 1.82) is 0 Å². The molecule has 11 heavy (non-hydrogen) atoms. The summed E-state index contributed by atoms with van der Waals surface area (Å²) in [5, 5.41) is 0. The van der Waals surface area contributed by atoms with Gasteiger partial charge >= 0.3 is 0 Å². The zero-order valence-corrected chi connectivity index (χ0v) is 7.35. The van der Waals surface area contributed by atoms with Crippen molar-refractivity contribution >= 4 is 14.8 Å². The molecule has 1 rings (SSSR count). The zero-order chi connectivity index (χ0) is 8.10. The molecule has 1 aromatic heterocycles. The number of aromatic nitrogens is 1. The van der Waals surface area contributed by atoms with Crippen LogP contribution in [0.15, 0.2) is 43.0 Å². The molecule has 2 heteroatoms. The molecule has 0 N–H and O–H groups in total. The van der Waals surface area contributed by atoms with Gasteiger partial charge < -0.3 is 0 Å². The normalized spacial score (nSPS) is 11.2. The number of rotatable bonds is 2. The lowest BCUT2D eigenvalue weighted by Crippen LogP contribution is -1.78. The van der Waals surface area contributed by atoms with Crippen LogP contribution in [0.1, 0.15) is 5.56 Å². The molecule has 1 heterocycles. The molecule has 1 atom stereocenters. The molecule has 1 aromatic rings. The molecule has 0 spiro atoms. The van der Waals surface area contributed by atoms with Crippen LogP contribution in [-0.4, -0.2) is 4.98 Å². The Balaban J connectivity index is 3.01.